The molecule has 0 aliphatic carbocycles. The van der Waals surface area contributed by atoms with E-state index in [1.54, 1.807) is 7.05 Å². The highest BCUT2D eigenvalue weighted by Crippen LogP contribution is 2.14. The van der Waals surface area contributed by atoms with Crippen molar-refractivity contribution in [2.45, 2.75) is 86.1 Å². The van der Waals surface area contributed by atoms with Crippen molar-refractivity contribution >= 4 is 24.0 Å². The number of aliphatic hydroxyl groups excluding tert-OH is 1. The summed E-state index contributed by atoms with van der Waals surface area (Å²) in [5.74, 6) is -0.266. The zero-order chi connectivity index (χ0) is 21.8. The Morgan fingerprint density at radius 3 is 1.93 bits per heavy atom. The predicted molar refractivity (Wildman–Crippen MR) is 108 cm³/mol. The first-order valence-corrected chi connectivity index (χ1v) is 10.00. The molecule has 3 amide bonds. The fourth-order valence-electron chi connectivity index (χ4n) is 2.19. The first kappa shape index (κ1) is 30.0. The van der Waals surface area contributed by atoms with E-state index in [4.69, 9.17) is 0 Å². The van der Waals surface area contributed by atoms with Crippen molar-refractivity contribution in [1.29, 1.82) is 0 Å². The molecule has 0 spiro atoms. The van der Waals surface area contributed by atoms with Gasteiger partial charge in [0.1, 0.15) is 6.29 Å². The van der Waals surface area contributed by atoms with Gasteiger partial charge in [0, 0.05) is 39.8 Å². The van der Waals surface area contributed by atoms with Crippen LogP contribution in [0.4, 0.5) is 0 Å². The summed E-state index contributed by atoms with van der Waals surface area (Å²) in [6.07, 6.45) is 4.30. The molecule has 7 heteroatoms. The minimum absolute atomic E-state index is 0.0718. The van der Waals surface area contributed by atoms with Crippen molar-refractivity contribution in [1.82, 2.24) is 9.80 Å². The molecule has 27 heavy (non-hydrogen) atoms. The lowest BCUT2D eigenvalue weighted by Crippen LogP contribution is -2.38. The topological polar surface area (TPSA) is 95.0 Å². The number of amides is 3. The number of aliphatic hydroxyl groups is 1. The molecule has 1 unspecified atom stereocenters. The number of hydrogen-bond acceptors (Lipinski definition) is 5. The van der Waals surface area contributed by atoms with Gasteiger partial charge in [-0.2, -0.15) is 0 Å². The minimum Gasteiger partial charge on any atom is -0.394 e. The van der Waals surface area contributed by atoms with Crippen molar-refractivity contribution in [3.05, 3.63) is 0 Å². The summed E-state index contributed by atoms with van der Waals surface area (Å²) < 4.78 is 0. The Labute approximate surface area is 165 Å². The van der Waals surface area contributed by atoms with E-state index in [-0.39, 0.29) is 30.4 Å². The monoisotopic (exact) mass is 388 g/mol. The summed E-state index contributed by atoms with van der Waals surface area (Å²) in [6.45, 7) is 11.6. The van der Waals surface area contributed by atoms with Crippen molar-refractivity contribution < 1.29 is 24.3 Å². The molecule has 0 aromatic heterocycles. The van der Waals surface area contributed by atoms with E-state index in [9.17, 15) is 24.3 Å². The molecule has 0 aromatic carbocycles. The Bertz CT molecular complexity index is 397. The van der Waals surface area contributed by atoms with Crippen molar-refractivity contribution in [2.75, 3.05) is 20.2 Å². The van der Waals surface area contributed by atoms with Gasteiger partial charge < -0.3 is 14.8 Å². The smallest absolute Gasteiger partial charge is 0.229 e. The van der Waals surface area contributed by atoms with Crippen molar-refractivity contribution in [3.63, 3.8) is 0 Å². The fourth-order valence-corrected chi connectivity index (χ4v) is 2.19. The molecule has 1 N–H and O–H groups in total. The molecule has 1 aliphatic heterocycles. The van der Waals surface area contributed by atoms with E-state index >= 15 is 0 Å². The summed E-state index contributed by atoms with van der Waals surface area (Å²) in [7, 11) is 1.66. The Morgan fingerprint density at radius 2 is 1.59 bits per heavy atom. The maximum absolute atomic E-state index is 11.4. The molecule has 1 heterocycles. The maximum atomic E-state index is 11.4. The van der Waals surface area contributed by atoms with Crippen LogP contribution in [0.3, 0.4) is 0 Å². The van der Waals surface area contributed by atoms with Crippen molar-refractivity contribution in [2.24, 2.45) is 0 Å². The molecule has 7 nitrogen and oxygen atoms in total. The number of aldehydes is 1. The third-order valence-corrected chi connectivity index (χ3v) is 3.75. The van der Waals surface area contributed by atoms with Gasteiger partial charge in [-0.3, -0.25) is 19.3 Å². The van der Waals surface area contributed by atoms with Gasteiger partial charge in [-0.1, -0.05) is 34.6 Å². The first-order chi connectivity index (χ1) is 12.9. The third kappa shape index (κ3) is 14.0. The Balaban J connectivity index is -0.000000621. The summed E-state index contributed by atoms with van der Waals surface area (Å²) in [6, 6.07) is -0.192. The molecule has 1 saturated heterocycles. The zero-order valence-electron chi connectivity index (χ0n) is 18.3. The summed E-state index contributed by atoms with van der Waals surface area (Å²) >= 11 is 0. The Kier molecular flexibility index (Phi) is 22.8. The fraction of sp³-hybridized carbons (Fsp3) is 0.800. The maximum Gasteiger partial charge on any atom is 0.229 e. The van der Waals surface area contributed by atoms with Gasteiger partial charge in [0.25, 0.3) is 0 Å². The van der Waals surface area contributed by atoms with Crippen LogP contribution in [0.5, 0.6) is 0 Å². The standard InChI is InChI=1S/C13H22N2O4.C3H6O.2C2H6/c1-10(17)14(2)11(9-16)5-3-4-8-15-12(18)6-7-13(15)19;1-2-3-4;2*1-2/h11,16H,3-9H2,1-2H3;3H,2H2,1H3;2*1-2H3. The lowest BCUT2D eigenvalue weighted by atomic mass is 10.1. The lowest BCUT2D eigenvalue weighted by molar-refractivity contribution is -0.138. The first-order valence-electron chi connectivity index (χ1n) is 10.00. The SMILES string of the molecule is CC.CC.CC(=O)N(C)C(CO)CCCCN1C(=O)CCC1=O.CCC=O. The number of imide groups is 1. The highest BCUT2D eigenvalue weighted by molar-refractivity contribution is 6.01. The van der Waals surface area contributed by atoms with Crippen LogP contribution in [0.2, 0.25) is 0 Å². The molecule has 1 fully saturated rings. The number of likely N-dealkylation sites (N-methyl/N-ethyl adjacent to an activating group) is 1. The van der Waals surface area contributed by atoms with E-state index in [0.29, 0.717) is 38.6 Å². The van der Waals surface area contributed by atoms with E-state index < -0.39 is 0 Å². The second kappa shape index (κ2) is 20.6. The molecule has 1 aliphatic rings. The average Bonchev–Trinajstić information content (AvgIpc) is 3.02. The van der Waals surface area contributed by atoms with Crippen molar-refractivity contribution in [3.8, 4) is 0 Å². The quantitative estimate of drug-likeness (QED) is 0.392. The highest BCUT2D eigenvalue weighted by atomic mass is 16.3. The number of unbranched alkanes of at least 4 members (excludes halogenated alkanes) is 1. The van der Waals surface area contributed by atoms with Crippen LogP contribution < -0.4 is 0 Å². The summed E-state index contributed by atoms with van der Waals surface area (Å²) in [4.78, 5) is 45.9. The van der Waals surface area contributed by atoms with E-state index in [2.05, 4.69) is 0 Å². The van der Waals surface area contributed by atoms with Crippen LogP contribution in [0.15, 0.2) is 0 Å². The van der Waals surface area contributed by atoms with Crippen LogP contribution >= 0.6 is 0 Å². The number of likely N-dealkylation sites (tertiary alicyclic amines) is 1. The molecule has 1 atom stereocenters. The summed E-state index contributed by atoms with van der Waals surface area (Å²) in [5, 5.41) is 9.23. The van der Waals surface area contributed by atoms with Gasteiger partial charge in [-0.15, -0.1) is 0 Å². The van der Waals surface area contributed by atoms with Gasteiger partial charge in [0.15, 0.2) is 0 Å². The third-order valence-electron chi connectivity index (χ3n) is 3.75. The van der Waals surface area contributed by atoms with Crippen LogP contribution in [0.1, 0.15) is 80.1 Å². The average molecular weight is 389 g/mol. The number of carbonyl (C=O) groups is 4. The largest absolute Gasteiger partial charge is 0.394 e. The summed E-state index contributed by atoms with van der Waals surface area (Å²) in [5.41, 5.74) is 0. The molecule has 0 radical (unpaired) electrons. The lowest BCUT2D eigenvalue weighted by Gasteiger charge is -2.25. The van der Waals surface area contributed by atoms with E-state index in [1.165, 1.54) is 16.7 Å². The van der Waals surface area contributed by atoms with E-state index in [0.717, 1.165) is 12.7 Å². The Hall–Kier alpha value is -1.76. The Morgan fingerprint density at radius 1 is 1.15 bits per heavy atom. The zero-order valence-corrected chi connectivity index (χ0v) is 18.3. The van der Waals surface area contributed by atoms with Gasteiger partial charge in [0.2, 0.25) is 17.7 Å². The van der Waals surface area contributed by atoms with Crippen LogP contribution in [0, 0.1) is 0 Å². The molecular weight excluding hydrogens is 348 g/mol. The van der Waals surface area contributed by atoms with E-state index in [1.807, 2.05) is 34.6 Å². The second-order valence-electron chi connectivity index (χ2n) is 5.48. The molecular formula is C20H40N2O5. The number of carbonyl (C=O) groups excluding carboxylic acids is 4. The minimum atomic E-state index is -0.192. The molecule has 1 rings (SSSR count). The number of nitrogens with zero attached hydrogens (tertiary/aromatic N) is 2. The van der Waals surface area contributed by atoms with Gasteiger partial charge in [-0.25, -0.2) is 0 Å². The van der Waals surface area contributed by atoms with Crippen LogP contribution in [0.25, 0.3) is 0 Å². The normalized spacial score (nSPS) is 13.3. The predicted octanol–water partition coefficient (Wildman–Crippen LogP) is 2.79. The molecule has 160 valence electrons. The second-order valence-corrected chi connectivity index (χ2v) is 5.48. The number of hydrogen-bond donors (Lipinski definition) is 1. The molecule has 0 bridgehead atoms. The van der Waals surface area contributed by atoms with Crippen LogP contribution in [-0.2, 0) is 19.2 Å². The molecule has 0 aromatic rings. The van der Waals surface area contributed by atoms with Crippen LogP contribution in [-0.4, -0.2) is 65.2 Å². The van der Waals surface area contributed by atoms with Gasteiger partial charge >= 0.3 is 0 Å². The highest BCUT2D eigenvalue weighted by Gasteiger charge is 2.28. The molecule has 0 saturated carbocycles. The van der Waals surface area contributed by atoms with Gasteiger partial charge in [-0.05, 0) is 19.3 Å². The number of rotatable bonds is 8. The van der Waals surface area contributed by atoms with Gasteiger partial charge in [0.05, 0.1) is 12.6 Å².